The second-order valence-electron chi connectivity index (χ2n) is 5.44. The van der Waals surface area contributed by atoms with Crippen LogP contribution in [0.3, 0.4) is 0 Å². The quantitative estimate of drug-likeness (QED) is 0.514. The Labute approximate surface area is 160 Å². The summed E-state index contributed by atoms with van der Waals surface area (Å²) in [6.07, 6.45) is 0. The van der Waals surface area contributed by atoms with E-state index in [1.807, 2.05) is 6.92 Å². The van der Waals surface area contributed by atoms with Crippen LogP contribution in [0, 0.1) is 12.7 Å². The predicted molar refractivity (Wildman–Crippen MR) is 100 cm³/mol. The van der Waals surface area contributed by atoms with Gasteiger partial charge in [0.15, 0.2) is 11.5 Å². The summed E-state index contributed by atoms with van der Waals surface area (Å²) < 4.78 is 15.0. The van der Waals surface area contributed by atoms with Crippen LogP contribution in [0.1, 0.15) is 5.01 Å². The Morgan fingerprint density at radius 2 is 2.11 bits per heavy atom. The molecule has 1 aromatic carbocycles. The predicted octanol–water partition coefficient (Wildman–Crippen LogP) is 2.82. The van der Waals surface area contributed by atoms with Gasteiger partial charge in [-0.25, -0.2) is 4.39 Å². The highest BCUT2D eigenvalue weighted by molar-refractivity contribution is 7.99. The molecule has 4 rings (SSSR count). The van der Waals surface area contributed by atoms with Gasteiger partial charge in [-0.3, -0.25) is 10.1 Å². The van der Waals surface area contributed by atoms with Crippen molar-refractivity contribution in [3.05, 3.63) is 47.2 Å². The first-order valence-electron chi connectivity index (χ1n) is 7.80. The summed E-state index contributed by atoms with van der Waals surface area (Å²) in [5.74, 6) is 0.0282. The molecule has 3 aromatic heterocycles. The maximum Gasteiger partial charge on any atom is 0.236 e. The summed E-state index contributed by atoms with van der Waals surface area (Å²) in [4.78, 5) is 12.0. The van der Waals surface area contributed by atoms with E-state index in [9.17, 15) is 9.18 Å². The van der Waals surface area contributed by atoms with E-state index in [2.05, 4.69) is 30.8 Å². The lowest BCUT2D eigenvalue weighted by Gasteiger charge is -2.03. The molecule has 0 radical (unpaired) electrons. The summed E-state index contributed by atoms with van der Waals surface area (Å²) in [7, 11) is 0. The SMILES string of the molecule is Cc1nnc(NC(=O)CSc2ccc3nnc(-c4cccc(F)c4)n3n2)s1. The lowest BCUT2D eigenvalue weighted by Crippen LogP contribution is -2.14. The Bertz CT molecular complexity index is 1130. The second kappa shape index (κ2) is 7.37. The number of anilines is 1. The number of nitrogens with one attached hydrogen (secondary N) is 1. The van der Waals surface area contributed by atoms with Crippen molar-refractivity contribution < 1.29 is 9.18 Å². The van der Waals surface area contributed by atoms with Crippen molar-refractivity contribution in [3.63, 3.8) is 0 Å². The maximum atomic E-state index is 13.5. The van der Waals surface area contributed by atoms with Gasteiger partial charge in [-0.05, 0) is 31.2 Å². The van der Waals surface area contributed by atoms with Gasteiger partial charge < -0.3 is 0 Å². The largest absolute Gasteiger partial charge is 0.300 e. The third-order valence-corrected chi connectivity index (χ3v) is 5.12. The molecule has 0 atom stereocenters. The van der Waals surface area contributed by atoms with Crippen LogP contribution in [0.2, 0.25) is 0 Å². The van der Waals surface area contributed by atoms with Gasteiger partial charge in [-0.1, -0.05) is 35.2 Å². The van der Waals surface area contributed by atoms with E-state index in [-0.39, 0.29) is 17.5 Å². The topological polar surface area (TPSA) is 98.0 Å². The zero-order chi connectivity index (χ0) is 18.8. The number of rotatable bonds is 5. The Morgan fingerprint density at radius 3 is 2.89 bits per heavy atom. The fraction of sp³-hybridized carbons (Fsp3) is 0.125. The van der Waals surface area contributed by atoms with E-state index >= 15 is 0 Å². The minimum atomic E-state index is -0.363. The van der Waals surface area contributed by atoms with Gasteiger partial charge in [0.05, 0.1) is 5.75 Å². The Morgan fingerprint density at radius 1 is 1.22 bits per heavy atom. The van der Waals surface area contributed by atoms with Gasteiger partial charge in [-0.2, -0.15) is 9.61 Å². The molecule has 1 amide bonds. The highest BCUT2D eigenvalue weighted by Gasteiger charge is 2.12. The molecule has 0 bridgehead atoms. The number of hydrogen-bond acceptors (Lipinski definition) is 8. The molecule has 0 saturated carbocycles. The smallest absolute Gasteiger partial charge is 0.236 e. The van der Waals surface area contributed by atoms with Crippen LogP contribution in [0.25, 0.3) is 17.0 Å². The van der Waals surface area contributed by atoms with Crippen molar-refractivity contribution in [2.45, 2.75) is 11.9 Å². The maximum absolute atomic E-state index is 13.5. The molecule has 0 spiro atoms. The van der Waals surface area contributed by atoms with E-state index in [1.54, 1.807) is 24.3 Å². The van der Waals surface area contributed by atoms with Crippen LogP contribution in [0.4, 0.5) is 9.52 Å². The number of amides is 1. The van der Waals surface area contributed by atoms with Crippen LogP contribution in [-0.2, 0) is 4.79 Å². The van der Waals surface area contributed by atoms with Gasteiger partial charge in [0.2, 0.25) is 11.0 Å². The minimum Gasteiger partial charge on any atom is -0.300 e. The third kappa shape index (κ3) is 3.93. The number of halogens is 1. The zero-order valence-electron chi connectivity index (χ0n) is 14.0. The fourth-order valence-electron chi connectivity index (χ4n) is 2.30. The highest BCUT2D eigenvalue weighted by Crippen LogP contribution is 2.22. The lowest BCUT2D eigenvalue weighted by atomic mass is 10.2. The number of carbonyl (C=O) groups is 1. The summed E-state index contributed by atoms with van der Waals surface area (Å²) in [6, 6.07) is 9.57. The van der Waals surface area contributed by atoms with Gasteiger partial charge >= 0.3 is 0 Å². The standard InChI is InChI=1S/C16H12FN7OS2/c1-9-19-22-16(27-9)18-13(25)8-26-14-6-5-12-20-21-15(24(12)23-14)10-3-2-4-11(17)7-10/h2-7H,8H2,1H3,(H,18,22,25). The molecule has 0 unspecified atom stereocenters. The number of nitrogens with zero attached hydrogens (tertiary/aromatic N) is 6. The second-order valence-corrected chi connectivity index (χ2v) is 7.62. The lowest BCUT2D eigenvalue weighted by molar-refractivity contribution is -0.113. The van der Waals surface area contributed by atoms with E-state index in [0.717, 1.165) is 5.01 Å². The number of carbonyl (C=O) groups excluding carboxylic acids is 1. The number of aryl methyl sites for hydroxylation is 1. The molecule has 0 fully saturated rings. The molecule has 0 aliphatic heterocycles. The molecular formula is C16H12FN7OS2. The van der Waals surface area contributed by atoms with E-state index in [0.29, 0.717) is 27.2 Å². The molecule has 11 heteroatoms. The molecule has 3 heterocycles. The molecule has 136 valence electrons. The number of aromatic nitrogens is 6. The Kier molecular flexibility index (Phi) is 4.77. The van der Waals surface area contributed by atoms with Crippen molar-refractivity contribution in [2.24, 2.45) is 0 Å². The molecule has 8 nitrogen and oxygen atoms in total. The molecule has 0 aliphatic rings. The van der Waals surface area contributed by atoms with Crippen LogP contribution in [-0.4, -0.2) is 41.7 Å². The highest BCUT2D eigenvalue weighted by atomic mass is 32.2. The molecule has 0 saturated heterocycles. The van der Waals surface area contributed by atoms with Gasteiger partial charge in [-0.15, -0.1) is 20.4 Å². The first kappa shape index (κ1) is 17.5. The number of fused-ring (bicyclic) bond motifs is 1. The summed E-state index contributed by atoms with van der Waals surface area (Å²) in [6.45, 7) is 1.82. The number of thioether (sulfide) groups is 1. The van der Waals surface area contributed by atoms with Crippen LogP contribution in [0.15, 0.2) is 41.4 Å². The van der Waals surface area contributed by atoms with Crippen molar-refractivity contribution in [3.8, 4) is 11.4 Å². The molecule has 0 aliphatic carbocycles. The number of hydrogen-bond donors (Lipinski definition) is 1. The average molecular weight is 401 g/mol. The van der Waals surface area contributed by atoms with Crippen LogP contribution >= 0.6 is 23.1 Å². The van der Waals surface area contributed by atoms with E-state index in [1.165, 1.54) is 39.7 Å². The third-order valence-electron chi connectivity index (χ3n) is 3.44. The van der Waals surface area contributed by atoms with Gasteiger partial charge in [0.1, 0.15) is 15.9 Å². The summed E-state index contributed by atoms with van der Waals surface area (Å²) in [5.41, 5.74) is 1.11. The van der Waals surface area contributed by atoms with Crippen molar-refractivity contribution >= 4 is 39.8 Å². The molecule has 4 aromatic rings. The minimum absolute atomic E-state index is 0.161. The monoisotopic (exact) mass is 401 g/mol. The van der Waals surface area contributed by atoms with Crippen LogP contribution in [0.5, 0.6) is 0 Å². The van der Waals surface area contributed by atoms with Gasteiger partial charge in [0.25, 0.3) is 0 Å². The molecule has 27 heavy (non-hydrogen) atoms. The van der Waals surface area contributed by atoms with E-state index in [4.69, 9.17) is 0 Å². The van der Waals surface area contributed by atoms with Crippen molar-refractivity contribution in [2.75, 3.05) is 11.1 Å². The van der Waals surface area contributed by atoms with Crippen molar-refractivity contribution in [1.29, 1.82) is 0 Å². The van der Waals surface area contributed by atoms with Crippen molar-refractivity contribution in [1.82, 2.24) is 30.0 Å². The van der Waals surface area contributed by atoms with Gasteiger partial charge in [0, 0.05) is 5.56 Å². The summed E-state index contributed by atoms with van der Waals surface area (Å²) >= 11 is 2.57. The Balaban J connectivity index is 1.51. The normalized spacial score (nSPS) is 11.0. The number of benzene rings is 1. The first-order chi connectivity index (χ1) is 13.1. The molecule has 1 N–H and O–H groups in total. The average Bonchev–Trinajstić information content (AvgIpc) is 3.25. The molecular weight excluding hydrogens is 389 g/mol. The van der Waals surface area contributed by atoms with Crippen LogP contribution < -0.4 is 5.32 Å². The summed E-state index contributed by atoms with van der Waals surface area (Å²) in [5, 5.41) is 24.8. The Hall–Kier alpha value is -2.92. The van der Waals surface area contributed by atoms with E-state index < -0.39 is 0 Å². The zero-order valence-corrected chi connectivity index (χ0v) is 15.6. The first-order valence-corrected chi connectivity index (χ1v) is 9.60. The fourth-order valence-corrected chi connectivity index (χ4v) is 3.56.